The molecule has 0 aliphatic heterocycles. The van der Waals surface area contributed by atoms with Gasteiger partial charge < -0.3 is 10.5 Å². The standard InChI is InChI=1S/C13H17N3O/c1-9-7-10(3-4-13(9)17-2)11-8-15-16-12(11)5-6-14/h3-4,7-8H,5-6,14H2,1-2H3,(H,15,16). The van der Waals surface area contributed by atoms with E-state index in [9.17, 15) is 0 Å². The molecule has 0 atom stereocenters. The van der Waals surface area contributed by atoms with Crippen LogP contribution in [0.25, 0.3) is 11.1 Å². The Morgan fingerprint density at radius 1 is 1.41 bits per heavy atom. The molecule has 0 spiro atoms. The molecule has 0 aliphatic carbocycles. The molecule has 0 fully saturated rings. The average Bonchev–Trinajstić information content (AvgIpc) is 2.78. The molecule has 1 aromatic heterocycles. The first-order valence-corrected chi connectivity index (χ1v) is 5.63. The zero-order valence-electron chi connectivity index (χ0n) is 10.2. The van der Waals surface area contributed by atoms with Crippen molar-refractivity contribution < 1.29 is 4.74 Å². The number of nitrogens with zero attached hydrogens (tertiary/aromatic N) is 1. The molecule has 0 radical (unpaired) electrons. The van der Waals surface area contributed by atoms with Gasteiger partial charge in [-0.2, -0.15) is 5.10 Å². The van der Waals surface area contributed by atoms with Gasteiger partial charge in [0.15, 0.2) is 0 Å². The minimum absolute atomic E-state index is 0.615. The van der Waals surface area contributed by atoms with E-state index in [1.807, 2.05) is 25.3 Å². The second kappa shape index (κ2) is 5.01. The van der Waals surface area contributed by atoms with Crippen molar-refractivity contribution in [1.29, 1.82) is 0 Å². The van der Waals surface area contributed by atoms with Gasteiger partial charge in [0.1, 0.15) is 5.75 Å². The Balaban J connectivity index is 2.39. The molecule has 1 aromatic carbocycles. The maximum absolute atomic E-state index is 5.57. The summed E-state index contributed by atoms with van der Waals surface area (Å²) in [6.45, 7) is 2.65. The zero-order chi connectivity index (χ0) is 12.3. The fraction of sp³-hybridized carbons (Fsp3) is 0.308. The highest BCUT2D eigenvalue weighted by Gasteiger charge is 2.08. The normalized spacial score (nSPS) is 10.5. The Morgan fingerprint density at radius 3 is 2.88 bits per heavy atom. The smallest absolute Gasteiger partial charge is 0.121 e. The number of aryl methyl sites for hydroxylation is 1. The van der Waals surface area contributed by atoms with Crippen molar-refractivity contribution in [1.82, 2.24) is 10.2 Å². The highest BCUT2D eigenvalue weighted by molar-refractivity contribution is 5.67. The van der Waals surface area contributed by atoms with Gasteiger partial charge in [0.05, 0.1) is 13.3 Å². The summed E-state index contributed by atoms with van der Waals surface area (Å²) < 4.78 is 5.25. The lowest BCUT2D eigenvalue weighted by Gasteiger charge is -2.07. The second-order valence-corrected chi connectivity index (χ2v) is 3.99. The summed E-state index contributed by atoms with van der Waals surface area (Å²) in [5, 5.41) is 7.07. The Bertz CT molecular complexity index is 505. The quantitative estimate of drug-likeness (QED) is 0.844. The summed E-state index contributed by atoms with van der Waals surface area (Å²) in [6, 6.07) is 6.12. The molecule has 1 heterocycles. The number of aromatic nitrogens is 2. The Hall–Kier alpha value is -1.81. The van der Waals surface area contributed by atoms with Gasteiger partial charge in [-0.1, -0.05) is 6.07 Å². The van der Waals surface area contributed by atoms with Crippen molar-refractivity contribution in [3.8, 4) is 16.9 Å². The van der Waals surface area contributed by atoms with Gasteiger partial charge in [0, 0.05) is 17.7 Å². The van der Waals surface area contributed by atoms with Crippen molar-refractivity contribution in [2.75, 3.05) is 13.7 Å². The van der Waals surface area contributed by atoms with Gasteiger partial charge in [0.25, 0.3) is 0 Å². The summed E-state index contributed by atoms with van der Waals surface area (Å²) in [7, 11) is 1.68. The van der Waals surface area contributed by atoms with Gasteiger partial charge in [0.2, 0.25) is 0 Å². The summed E-state index contributed by atoms with van der Waals surface area (Å²) in [4.78, 5) is 0. The number of methoxy groups -OCH3 is 1. The monoisotopic (exact) mass is 231 g/mol. The van der Waals surface area contributed by atoms with E-state index in [1.54, 1.807) is 7.11 Å². The third-order valence-corrected chi connectivity index (χ3v) is 2.82. The third kappa shape index (κ3) is 2.31. The maximum Gasteiger partial charge on any atom is 0.121 e. The number of hydrogen-bond acceptors (Lipinski definition) is 3. The highest BCUT2D eigenvalue weighted by atomic mass is 16.5. The van der Waals surface area contributed by atoms with E-state index < -0.39 is 0 Å². The van der Waals surface area contributed by atoms with Crippen molar-refractivity contribution in [2.45, 2.75) is 13.3 Å². The fourth-order valence-corrected chi connectivity index (χ4v) is 1.94. The van der Waals surface area contributed by atoms with Gasteiger partial charge in [-0.3, -0.25) is 5.10 Å². The van der Waals surface area contributed by atoms with Crippen molar-refractivity contribution >= 4 is 0 Å². The van der Waals surface area contributed by atoms with Gasteiger partial charge >= 0.3 is 0 Å². The maximum atomic E-state index is 5.57. The van der Waals surface area contributed by atoms with Crippen molar-refractivity contribution in [2.24, 2.45) is 5.73 Å². The van der Waals surface area contributed by atoms with Crippen LogP contribution in [0.4, 0.5) is 0 Å². The number of nitrogens with one attached hydrogen (secondary N) is 1. The minimum atomic E-state index is 0.615. The lowest BCUT2D eigenvalue weighted by Crippen LogP contribution is -2.04. The van der Waals surface area contributed by atoms with E-state index in [0.29, 0.717) is 6.54 Å². The predicted octanol–water partition coefficient (Wildman–Crippen LogP) is 1.89. The van der Waals surface area contributed by atoms with Crippen LogP contribution in [0.3, 0.4) is 0 Å². The van der Waals surface area contributed by atoms with E-state index in [1.165, 1.54) is 0 Å². The zero-order valence-corrected chi connectivity index (χ0v) is 10.2. The van der Waals surface area contributed by atoms with Gasteiger partial charge in [-0.05, 0) is 36.7 Å². The van der Waals surface area contributed by atoms with E-state index >= 15 is 0 Å². The molecule has 0 saturated carbocycles. The summed E-state index contributed by atoms with van der Waals surface area (Å²) in [5.74, 6) is 0.901. The van der Waals surface area contributed by atoms with Crippen molar-refractivity contribution in [3.05, 3.63) is 35.7 Å². The first kappa shape index (κ1) is 11.7. The lowest BCUT2D eigenvalue weighted by atomic mass is 10.0. The van der Waals surface area contributed by atoms with Crippen LogP contribution in [-0.2, 0) is 6.42 Å². The molecule has 17 heavy (non-hydrogen) atoms. The van der Waals surface area contributed by atoms with E-state index in [4.69, 9.17) is 10.5 Å². The predicted molar refractivity (Wildman–Crippen MR) is 68.1 cm³/mol. The molecule has 0 amide bonds. The molecular formula is C13H17N3O. The molecule has 0 unspecified atom stereocenters. The molecule has 2 rings (SSSR count). The number of hydrogen-bond donors (Lipinski definition) is 2. The van der Waals surface area contributed by atoms with Crippen LogP contribution in [0.1, 0.15) is 11.3 Å². The first-order chi connectivity index (χ1) is 8.26. The van der Waals surface area contributed by atoms with Crippen LogP contribution in [0.15, 0.2) is 24.4 Å². The second-order valence-electron chi connectivity index (χ2n) is 3.99. The number of aromatic amines is 1. The number of rotatable bonds is 4. The number of benzene rings is 1. The van der Waals surface area contributed by atoms with Crippen molar-refractivity contribution in [3.63, 3.8) is 0 Å². The van der Waals surface area contributed by atoms with E-state index in [-0.39, 0.29) is 0 Å². The lowest BCUT2D eigenvalue weighted by molar-refractivity contribution is 0.412. The topological polar surface area (TPSA) is 63.9 Å². The highest BCUT2D eigenvalue weighted by Crippen LogP contribution is 2.27. The Labute approximate surface area is 101 Å². The Morgan fingerprint density at radius 2 is 2.24 bits per heavy atom. The fourth-order valence-electron chi connectivity index (χ4n) is 1.94. The van der Waals surface area contributed by atoms with Crippen LogP contribution in [0.5, 0.6) is 5.75 Å². The number of ether oxygens (including phenoxy) is 1. The van der Waals surface area contributed by atoms with Crippen LogP contribution in [0.2, 0.25) is 0 Å². The number of H-pyrrole nitrogens is 1. The van der Waals surface area contributed by atoms with Crippen LogP contribution in [0, 0.1) is 6.92 Å². The summed E-state index contributed by atoms with van der Waals surface area (Å²) in [5.41, 5.74) is 10.0. The molecule has 2 aromatic rings. The molecular weight excluding hydrogens is 214 g/mol. The molecule has 90 valence electrons. The molecule has 3 N–H and O–H groups in total. The minimum Gasteiger partial charge on any atom is -0.496 e. The number of nitrogens with two attached hydrogens (primary N) is 1. The first-order valence-electron chi connectivity index (χ1n) is 5.63. The van der Waals surface area contributed by atoms with E-state index in [2.05, 4.69) is 16.3 Å². The van der Waals surface area contributed by atoms with Crippen LogP contribution in [-0.4, -0.2) is 23.9 Å². The largest absolute Gasteiger partial charge is 0.496 e. The molecule has 4 nitrogen and oxygen atoms in total. The van der Waals surface area contributed by atoms with E-state index in [0.717, 1.165) is 34.6 Å². The molecule has 4 heteroatoms. The third-order valence-electron chi connectivity index (χ3n) is 2.82. The average molecular weight is 231 g/mol. The van der Waals surface area contributed by atoms with Gasteiger partial charge in [-0.15, -0.1) is 0 Å². The SMILES string of the molecule is COc1ccc(-c2cn[nH]c2CCN)cc1C. The Kier molecular flexibility index (Phi) is 3.44. The molecule has 0 bridgehead atoms. The summed E-state index contributed by atoms with van der Waals surface area (Å²) in [6.07, 6.45) is 2.65. The molecule has 0 aliphatic rings. The molecule has 0 saturated heterocycles. The van der Waals surface area contributed by atoms with Crippen LogP contribution < -0.4 is 10.5 Å². The van der Waals surface area contributed by atoms with Gasteiger partial charge in [-0.25, -0.2) is 0 Å². The van der Waals surface area contributed by atoms with Crippen LogP contribution >= 0.6 is 0 Å². The summed E-state index contributed by atoms with van der Waals surface area (Å²) >= 11 is 0.